The van der Waals surface area contributed by atoms with Gasteiger partial charge in [-0.25, -0.2) is 0 Å². The fourth-order valence-corrected chi connectivity index (χ4v) is 6.14. The molecule has 6 rings (SSSR count). The van der Waals surface area contributed by atoms with E-state index in [2.05, 4.69) is 132 Å². The molecule has 5 aromatic rings. The second kappa shape index (κ2) is 8.27. The fourth-order valence-electron chi connectivity index (χ4n) is 4.89. The number of benzene rings is 4. The lowest BCUT2D eigenvalue weighted by Gasteiger charge is -2.40. The number of nitrogens with one attached hydrogen (secondary N) is 2. The monoisotopic (exact) mass is 444 g/mol. The van der Waals surface area contributed by atoms with Crippen molar-refractivity contribution in [1.82, 2.24) is 0 Å². The topological polar surface area (TPSA) is 24.1 Å². The van der Waals surface area contributed by atoms with E-state index in [0.717, 1.165) is 17.8 Å². The van der Waals surface area contributed by atoms with Gasteiger partial charge >= 0.3 is 0 Å². The molecule has 0 radical (unpaired) electrons. The highest BCUT2D eigenvalue weighted by atomic mass is 32.1. The number of rotatable bonds is 5. The highest BCUT2D eigenvalue weighted by Crippen LogP contribution is 2.50. The van der Waals surface area contributed by atoms with Gasteiger partial charge in [0, 0.05) is 38.6 Å². The van der Waals surface area contributed by atoms with Crippen LogP contribution in [-0.4, -0.2) is 0 Å². The number of anilines is 2. The van der Waals surface area contributed by atoms with Gasteiger partial charge in [-0.15, -0.1) is 11.3 Å². The van der Waals surface area contributed by atoms with E-state index in [1.165, 1.54) is 31.8 Å². The maximum atomic E-state index is 3.99. The fraction of sp³-hybridized carbons (Fsp3) is 0.0667. The highest BCUT2D eigenvalue weighted by molar-refractivity contribution is 7.20. The first-order valence-electron chi connectivity index (χ1n) is 11.3. The minimum atomic E-state index is -0.399. The summed E-state index contributed by atoms with van der Waals surface area (Å²) < 4.78 is 1.31. The van der Waals surface area contributed by atoms with Gasteiger partial charge in [0.15, 0.2) is 0 Å². The molecule has 1 heterocycles. The van der Waals surface area contributed by atoms with Crippen LogP contribution in [-0.2, 0) is 5.54 Å². The lowest BCUT2D eigenvalue weighted by molar-refractivity contribution is 0.584. The summed E-state index contributed by atoms with van der Waals surface area (Å²) >= 11 is 1.87. The Kier molecular flexibility index (Phi) is 4.97. The molecule has 0 amide bonds. The third kappa shape index (κ3) is 3.61. The molecule has 0 fully saturated rings. The SMILES string of the molecule is C1=C(Nc2ccccc2)CC(Nc2ccccc2)(c2ccccc2)c2c1sc1ccccc21. The predicted octanol–water partition coefficient (Wildman–Crippen LogP) is 8.11. The first kappa shape index (κ1) is 19.8. The van der Waals surface area contributed by atoms with Crippen LogP contribution in [0.5, 0.6) is 0 Å². The molecular weight excluding hydrogens is 420 g/mol. The average Bonchev–Trinajstić information content (AvgIpc) is 3.25. The Hall–Kier alpha value is -3.82. The summed E-state index contributed by atoms with van der Waals surface area (Å²) in [6.07, 6.45) is 3.15. The van der Waals surface area contributed by atoms with Crippen molar-refractivity contribution in [1.29, 1.82) is 0 Å². The van der Waals surface area contributed by atoms with Crippen LogP contribution >= 0.6 is 11.3 Å². The van der Waals surface area contributed by atoms with E-state index in [0.29, 0.717) is 0 Å². The molecule has 0 bridgehead atoms. The largest absolute Gasteiger partial charge is 0.371 e. The van der Waals surface area contributed by atoms with E-state index >= 15 is 0 Å². The van der Waals surface area contributed by atoms with Crippen LogP contribution in [0.3, 0.4) is 0 Å². The zero-order valence-electron chi connectivity index (χ0n) is 18.2. The number of thiophene rings is 1. The number of para-hydroxylation sites is 2. The lowest BCUT2D eigenvalue weighted by atomic mass is 9.74. The van der Waals surface area contributed by atoms with Gasteiger partial charge < -0.3 is 10.6 Å². The van der Waals surface area contributed by atoms with Crippen LogP contribution < -0.4 is 10.6 Å². The highest BCUT2D eigenvalue weighted by Gasteiger charge is 2.41. The zero-order valence-corrected chi connectivity index (χ0v) is 19.0. The Labute approximate surface area is 198 Å². The molecule has 1 aliphatic rings. The van der Waals surface area contributed by atoms with Crippen molar-refractivity contribution in [3.05, 3.63) is 137 Å². The molecule has 1 aliphatic carbocycles. The van der Waals surface area contributed by atoms with Gasteiger partial charge in [-0.3, -0.25) is 0 Å². The molecule has 1 unspecified atom stereocenters. The Morgan fingerprint density at radius 2 is 1.24 bits per heavy atom. The number of fused-ring (bicyclic) bond motifs is 3. The molecule has 1 aromatic heterocycles. The molecule has 0 saturated carbocycles. The molecule has 0 saturated heterocycles. The lowest BCUT2D eigenvalue weighted by Crippen LogP contribution is -2.40. The van der Waals surface area contributed by atoms with E-state index in [9.17, 15) is 0 Å². The van der Waals surface area contributed by atoms with E-state index in [4.69, 9.17) is 0 Å². The Bertz CT molecular complexity index is 1420. The Morgan fingerprint density at radius 1 is 0.636 bits per heavy atom. The minimum absolute atomic E-state index is 0.399. The van der Waals surface area contributed by atoms with Crippen LogP contribution in [0.15, 0.2) is 121 Å². The third-order valence-corrected chi connectivity index (χ3v) is 7.41. The smallest absolute Gasteiger partial charge is 0.0954 e. The molecule has 1 atom stereocenters. The van der Waals surface area contributed by atoms with E-state index in [1.807, 2.05) is 11.3 Å². The van der Waals surface area contributed by atoms with E-state index < -0.39 is 5.54 Å². The first-order valence-corrected chi connectivity index (χ1v) is 12.1. The summed E-state index contributed by atoms with van der Waals surface area (Å²) in [4.78, 5) is 1.30. The summed E-state index contributed by atoms with van der Waals surface area (Å²) in [6.45, 7) is 0. The Morgan fingerprint density at radius 3 is 1.97 bits per heavy atom. The number of hydrogen-bond donors (Lipinski definition) is 2. The van der Waals surface area contributed by atoms with Crippen LogP contribution in [0.2, 0.25) is 0 Å². The van der Waals surface area contributed by atoms with Crippen molar-refractivity contribution in [2.45, 2.75) is 12.0 Å². The zero-order chi connectivity index (χ0) is 22.1. The van der Waals surface area contributed by atoms with Gasteiger partial charge in [0.2, 0.25) is 0 Å². The second-order valence-corrected chi connectivity index (χ2v) is 9.52. The molecule has 33 heavy (non-hydrogen) atoms. The molecule has 3 heteroatoms. The standard InChI is InChI=1S/C30H24N2S/c1-4-12-22(13-5-1)30(32-24-16-8-3-9-17-24)21-25(31-23-14-6-2-7-15-23)20-28-29(30)26-18-10-11-19-27(26)33-28/h1-20,31-32H,21H2. The molecule has 0 aliphatic heterocycles. The van der Waals surface area contributed by atoms with Crippen molar-refractivity contribution in [3.63, 3.8) is 0 Å². The van der Waals surface area contributed by atoms with Crippen molar-refractivity contribution in [2.24, 2.45) is 0 Å². The van der Waals surface area contributed by atoms with Crippen molar-refractivity contribution >= 4 is 38.9 Å². The van der Waals surface area contributed by atoms with Crippen molar-refractivity contribution in [3.8, 4) is 0 Å². The molecule has 2 nitrogen and oxygen atoms in total. The van der Waals surface area contributed by atoms with Crippen molar-refractivity contribution < 1.29 is 0 Å². The normalized spacial score (nSPS) is 17.3. The van der Waals surface area contributed by atoms with Gasteiger partial charge in [-0.2, -0.15) is 0 Å². The van der Waals surface area contributed by atoms with E-state index in [-0.39, 0.29) is 0 Å². The van der Waals surface area contributed by atoms with Crippen LogP contribution in [0.4, 0.5) is 11.4 Å². The van der Waals surface area contributed by atoms with Crippen LogP contribution in [0, 0.1) is 0 Å². The predicted molar refractivity (Wildman–Crippen MR) is 142 cm³/mol. The molecule has 160 valence electrons. The van der Waals surface area contributed by atoms with Gasteiger partial charge in [-0.05, 0) is 47.4 Å². The van der Waals surface area contributed by atoms with Crippen molar-refractivity contribution in [2.75, 3.05) is 10.6 Å². The van der Waals surface area contributed by atoms with Gasteiger partial charge in [0.25, 0.3) is 0 Å². The van der Waals surface area contributed by atoms with Crippen LogP contribution in [0.25, 0.3) is 16.2 Å². The third-order valence-electron chi connectivity index (χ3n) is 6.29. The van der Waals surface area contributed by atoms with Gasteiger partial charge in [-0.1, -0.05) is 84.9 Å². The van der Waals surface area contributed by atoms with Gasteiger partial charge in [0.05, 0.1) is 5.54 Å². The van der Waals surface area contributed by atoms with Crippen LogP contribution in [0.1, 0.15) is 22.4 Å². The Balaban J connectivity index is 1.59. The number of hydrogen-bond acceptors (Lipinski definition) is 3. The maximum Gasteiger partial charge on any atom is 0.0954 e. The molecule has 4 aromatic carbocycles. The summed E-state index contributed by atoms with van der Waals surface area (Å²) in [6, 6.07) is 40.6. The first-order chi connectivity index (χ1) is 16.3. The summed E-state index contributed by atoms with van der Waals surface area (Å²) in [7, 11) is 0. The maximum absolute atomic E-state index is 3.99. The molecule has 0 spiro atoms. The summed E-state index contributed by atoms with van der Waals surface area (Å²) in [5, 5.41) is 9.01. The summed E-state index contributed by atoms with van der Waals surface area (Å²) in [5.74, 6) is 0. The second-order valence-electron chi connectivity index (χ2n) is 8.44. The quantitative estimate of drug-likeness (QED) is 0.286. The molecule has 2 N–H and O–H groups in total. The van der Waals surface area contributed by atoms with Gasteiger partial charge in [0.1, 0.15) is 0 Å². The van der Waals surface area contributed by atoms with E-state index in [1.54, 1.807) is 0 Å². The minimum Gasteiger partial charge on any atom is -0.371 e. The molecular formula is C30H24N2S. The average molecular weight is 445 g/mol. The summed E-state index contributed by atoms with van der Waals surface area (Å²) in [5.41, 5.74) is 5.64.